The molecule has 1 unspecified atom stereocenters. The molecular weight excluding hydrogens is 200 g/mol. The van der Waals surface area contributed by atoms with Gasteiger partial charge in [0.15, 0.2) is 0 Å². The SMILES string of the molecule is CCCN(c1ccccc1N)C1CCOC1. The van der Waals surface area contributed by atoms with Crippen LogP contribution in [0.3, 0.4) is 0 Å². The second-order valence-electron chi connectivity index (χ2n) is 4.27. The average Bonchev–Trinajstić information content (AvgIpc) is 2.80. The highest BCUT2D eigenvalue weighted by molar-refractivity contribution is 5.67. The summed E-state index contributed by atoms with van der Waals surface area (Å²) in [6, 6.07) is 8.58. The Kier molecular flexibility index (Phi) is 3.67. The van der Waals surface area contributed by atoms with E-state index >= 15 is 0 Å². The van der Waals surface area contributed by atoms with Crippen LogP contribution in [0.15, 0.2) is 24.3 Å². The summed E-state index contributed by atoms with van der Waals surface area (Å²) in [5, 5.41) is 0. The lowest BCUT2D eigenvalue weighted by molar-refractivity contribution is 0.193. The van der Waals surface area contributed by atoms with E-state index in [1.165, 1.54) is 0 Å². The van der Waals surface area contributed by atoms with Crippen LogP contribution in [0.1, 0.15) is 19.8 Å². The Hall–Kier alpha value is -1.22. The van der Waals surface area contributed by atoms with E-state index in [9.17, 15) is 0 Å². The summed E-state index contributed by atoms with van der Waals surface area (Å²) in [5.41, 5.74) is 8.05. The fraction of sp³-hybridized carbons (Fsp3) is 0.538. The standard InChI is InChI=1S/C13H20N2O/c1-2-8-15(11-7-9-16-10-11)13-6-4-3-5-12(13)14/h3-6,11H,2,7-10,14H2,1H3. The van der Waals surface area contributed by atoms with Crippen molar-refractivity contribution in [1.29, 1.82) is 0 Å². The van der Waals surface area contributed by atoms with E-state index in [0.717, 1.165) is 44.0 Å². The summed E-state index contributed by atoms with van der Waals surface area (Å²) in [5.74, 6) is 0. The molecule has 1 saturated heterocycles. The number of rotatable bonds is 4. The topological polar surface area (TPSA) is 38.5 Å². The zero-order valence-corrected chi connectivity index (χ0v) is 9.86. The number of anilines is 2. The van der Waals surface area contributed by atoms with Crippen LogP contribution >= 0.6 is 0 Å². The monoisotopic (exact) mass is 220 g/mol. The molecule has 1 aliphatic rings. The molecule has 1 atom stereocenters. The van der Waals surface area contributed by atoms with Crippen molar-refractivity contribution < 1.29 is 4.74 Å². The summed E-state index contributed by atoms with van der Waals surface area (Å²) in [6.45, 7) is 4.94. The van der Waals surface area contributed by atoms with Gasteiger partial charge in [0.05, 0.1) is 24.0 Å². The van der Waals surface area contributed by atoms with Crippen molar-refractivity contribution in [1.82, 2.24) is 0 Å². The molecule has 0 amide bonds. The predicted molar refractivity (Wildman–Crippen MR) is 67.7 cm³/mol. The van der Waals surface area contributed by atoms with Crippen LogP contribution in [0, 0.1) is 0 Å². The molecule has 0 radical (unpaired) electrons. The molecule has 1 aliphatic heterocycles. The Bertz CT molecular complexity index is 334. The van der Waals surface area contributed by atoms with E-state index in [1.807, 2.05) is 18.2 Å². The number of hydrogen-bond acceptors (Lipinski definition) is 3. The van der Waals surface area contributed by atoms with Gasteiger partial charge in [0, 0.05) is 13.2 Å². The van der Waals surface area contributed by atoms with Gasteiger partial charge in [-0.05, 0) is 25.0 Å². The molecule has 3 nitrogen and oxygen atoms in total. The van der Waals surface area contributed by atoms with E-state index in [4.69, 9.17) is 10.5 Å². The Labute approximate surface area is 97.2 Å². The first-order chi connectivity index (χ1) is 7.83. The normalized spacial score (nSPS) is 19.9. The molecule has 0 spiro atoms. The van der Waals surface area contributed by atoms with E-state index < -0.39 is 0 Å². The third-order valence-corrected chi connectivity index (χ3v) is 3.06. The number of para-hydroxylation sites is 2. The minimum Gasteiger partial charge on any atom is -0.397 e. The largest absolute Gasteiger partial charge is 0.397 e. The molecule has 0 saturated carbocycles. The number of nitrogen functional groups attached to an aromatic ring is 1. The van der Waals surface area contributed by atoms with Crippen LogP contribution in [-0.2, 0) is 4.74 Å². The molecule has 0 aromatic heterocycles. The Morgan fingerprint density at radius 1 is 1.44 bits per heavy atom. The molecule has 1 aromatic rings. The first kappa shape index (κ1) is 11.3. The third-order valence-electron chi connectivity index (χ3n) is 3.06. The number of benzene rings is 1. The maximum Gasteiger partial charge on any atom is 0.0670 e. The molecule has 3 heteroatoms. The van der Waals surface area contributed by atoms with Crippen LogP contribution in [0.2, 0.25) is 0 Å². The van der Waals surface area contributed by atoms with Crippen LogP contribution < -0.4 is 10.6 Å². The van der Waals surface area contributed by atoms with E-state index in [2.05, 4.69) is 17.9 Å². The number of nitrogens with two attached hydrogens (primary N) is 1. The Balaban J connectivity index is 2.21. The molecule has 1 fully saturated rings. The van der Waals surface area contributed by atoms with E-state index in [0.29, 0.717) is 6.04 Å². The summed E-state index contributed by atoms with van der Waals surface area (Å²) >= 11 is 0. The molecule has 88 valence electrons. The van der Waals surface area contributed by atoms with Crippen molar-refractivity contribution in [3.8, 4) is 0 Å². The molecule has 0 aliphatic carbocycles. The quantitative estimate of drug-likeness (QED) is 0.791. The van der Waals surface area contributed by atoms with Gasteiger partial charge in [-0.2, -0.15) is 0 Å². The minimum atomic E-state index is 0.490. The minimum absolute atomic E-state index is 0.490. The van der Waals surface area contributed by atoms with Gasteiger partial charge < -0.3 is 15.4 Å². The van der Waals surface area contributed by atoms with Crippen molar-refractivity contribution in [3.05, 3.63) is 24.3 Å². The zero-order valence-electron chi connectivity index (χ0n) is 9.86. The predicted octanol–water partition coefficient (Wildman–Crippen LogP) is 2.27. The van der Waals surface area contributed by atoms with Gasteiger partial charge in [-0.15, -0.1) is 0 Å². The average molecular weight is 220 g/mol. The molecular formula is C13H20N2O. The Morgan fingerprint density at radius 2 is 2.25 bits per heavy atom. The second kappa shape index (κ2) is 5.21. The fourth-order valence-corrected chi connectivity index (χ4v) is 2.26. The van der Waals surface area contributed by atoms with Crippen molar-refractivity contribution in [2.24, 2.45) is 0 Å². The maximum atomic E-state index is 6.04. The highest BCUT2D eigenvalue weighted by Crippen LogP contribution is 2.27. The third kappa shape index (κ3) is 2.30. The van der Waals surface area contributed by atoms with Crippen molar-refractivity contribution in [3.63, 3.8) is 0 Å². The highest BCUT2D eigenvalue weighted by Gasteiger charge is 2.23. The lowest BCUT2D eigenvalue weighted by atomic mass is 10.1. The van der Waals surface area contributed by atoms with Gasteiger partial charge in [0.2, 0.25) is 0 Å². The first-order valence-corrected chi connectivity index (χ1v) is 6.02. The first-order valence-electron chi connectivity index (χ1n) is 6.02. The summed E-state index contributed by atoms with van der Waals surface area (Å²) in [6.07, 6.45) is 2.24. The van der Waals surface area contributed by atoms with Crippen LogP contribution in [-0.4, -0.2) is 25.8 Å². The number of hydrogen-bond donors (Lipinski definition) is 1. The van der Waals surface area contributed by atoms with Crippen LogP contribution in [0.4, 0.5) is 11.4 Å². The molecule has 2 rings (SSSR count). The van der Waals surface area contributed by atoms with E-state index in [-0.39, 0.29) is 0 Å². The van der Waals surface area contributed by atoms with Crippen molar-refractivity contribution >= 4 is 11.4 Å². The molecule has 0 bridgehead atoms. The molecule has 1 aromatic carbocycles. The molecule has 1 heterocycles. The Morgan fingerprint density at radius 3 is 2.88 bits per heavy atom. The van der Waals surface area contributed by atoms with Gasteiger partial charge in [0.25, 0.3) is 0 Å². The smallest absolute Gasteiger partial charge is 0.0670 e. The summed E-state index contributed by atoms with van der Waals surface area (Å²) < 4.78 is 5.46. The van der Waals surface area contributed by atoms with Crippen molar-refractivity contribution in [2.45, 2.75) is 25.8 Å². The molecule has 2 N–H and O–H groups in total. The lowest BCUT2D eigenvalue weighted by Crippen LogP contribution is -2.36. The van der Waals surface area contributed by atoms with Crippen molar-refractivity contribution in [2.75, 3.05) is 30.4 Å². The number of ether oxygens (including phenoxy) is 1. The summed E-state index contributed by atoms with van der Waals surface area (Å²) in [7, 11) is 0. The lowest BCUT2D eigenvalue weighted by Gasteiger charge is -2.30. The number of nitrogens with zero attached hydrogens (tertiary/aromatic N) is 1. The second-order valence-corrected chi connectivity index (χ2v) is 4.27. The highest BCUT2D eigenvalue weighted by atomic mass is 16.5. The van der Waals surface area contributed by atoms with Gasteiger partial charge in [0.1, 0.15) is 0 Å². The summed E-state index contributed by atoms with van der Waals surface area (Å²) in [4.78, 5) is 2.39. The van der Waals surface area contributed by atoms with Crippen LogP contribution in [0.25, 0.3) is 0 Å². The van der Waals surface area contributed by atoms with Gasteiger partial charge in [-0.25, -0.2) is 0 Å². The van der Waals surface area contributed by atoms with E-state index in [1.54, 1.807) is 0 Å². The fourth-order valence-electron chi connectivity index (χ4n) is 2.26. The van der Waals surface area contributed by atoms with Gasteiger partial charge in [-0.1, -0.05) is 19.1 Å². The van der Waals surface area contributed by atoms with Gasteiger partial charge in [-0.3, -0.25) is 0 Å². The maximum absolute atomic E-state index is 6.04. The van der Waals surface area contributed by atoms with Crippen LogP contribution in [0.5, 0.6) is 0 Å². The molecule has 16 heavy (non-hydrogen) atoms. The zero-order chi connectivity index (χ0) is 11.4. The van der Waals surface area contributed by atoms with Gasteiger partial charge >= 0.3 is 0 Å².